The number of rotatable bonds is 4. The summed E-state index contributed by atoms with van der Waals surface area (Å²) in [4.78, 5) is 11.4. The summed E-state index contributed by atoms with van der Waals surface area (Å²) < 4.78 is 0. The standard InChI is InChI=1S/C10H16N2OS.ClH/c1-7(2)9(11)10(13)12-5-8-3-4-14-6-8;/h3-4,6-7,9H,5,11H2,1-2H3,(H,12,13);1H/t9-;/m1./s1. The molecule has 86 valence electrons. The molecule has 1 atom stereocenters. The second-order valence-electron chi connectivity index (χ2n) is 3.62. The minimum absolute atomic E-state index is 0. The number of hydrogen-bond donors (Lipinski definition) is 2. The minimum atomic E-state index is -0.409. The van der Waals surface area contributed by atoms with E-state index in [0.29, 0.717) is 6.54 Å². The van der Waals surface area contributed by atoms with Gasteiger partial charge in [0.1, 0.15) is 0 Å². The van der Waals surface area contributed by atoms with Gasteiger partial charge in [0.2, 0.25) is 5.91 Å². The number of nitrogens with two attached hydrogens (primary N) is 1. The molecule has 1 amide bonds. The Morgan fingerprint density at radius 1 is 1.60 bits per heavy atom. The molecular formula is C10H17ClN2OS. The van der Waals surface area contributed by atoms with Gasteiger partial charge in [0.25, 0.3) is 0 Å². The quantitative estimate of drug-likeness (QED) is 0.853. The van der Waals surface area contributed by atoms with E-state index in [2.05, 4.69) is 5.32 Å². The maximum atomic E-state index is 11.4. The maximum Gasteiger partial charge on any atom is 0.237 e. The van der Waals surface area contributed by atoms with Crippen molar-refractivity contribution in [3.63, 3.8) is 0 Å². The number of carbonyl (C=O) groups excluding carboxylic acids is 1. The van der Waals surface area contributed by atoms with Crippen LogP contribution in [0.15, 0.2) is 16.8 Å². The van der Waals surface area contributed by atoms with Crippen molar-refractivity contribution >= 4 is 29.7 Å². The Balaban J connectivity index is 0.00000196. The van der Waals surface area contributed by atoms with Crippen molar-refractivity contribution in [2.24, 2.45) is 11.7 Å². The number of hydrogen-bond acceptors (Lipinski definition) is 3. The average molecular weight is 249 g/mol. The first-order chi connectivity index (χ1) is 6.61. The number of carbonyl (C=O) groups is 1. The van der Waals surface area contributed by atoms with Crippen LogP contribution < -0.4 is 11.1 Å². The van der Waals surface area contributed by atoms with E-state index in [0.717, 1.165) is 5.56 Å². The molecule has 3 N–H and O–H groups in total. The lowest BCUT2D eigenvalue weighted by Crippen LogP contribution is -2.43. The van der Waals surface area contributed by atoms with Crippen molar-refractivity contribution in [1.29, 1.82) is 0 Å². The van der Waals surface area contributed by atoms with Gasteiger partial charge < -0.3 is 11.1 Å². The van der Waals surface area contributed by atoms with Gasteiger partial charge in [0, 0.05) is 6.54 Å². The van der Waals surface area contributed by atoms with Gasteiger partial charge in [0.15, 0.2) is 0 Å². The topological polar surface area (TPSA) is 55.1 Å². The zero-order chi connectivity index (χ0) is 10.6. The lowest BCUT2D eigenvalue weighted by atomic mass is 10.1. The van der Waals surface area contributed by atoms with Crippen molar-refractivity contribution in [3.05, 3.63) is 22.4 Å². The van der Waals surface area contributed by atoms with E-state index in [-0.39, 0.29) is 24.2 Å². The van der Waals surface area contributed by atoms with Crippen LogP contribution in [-0.2, 0) is 11.3 Å². The molecule has 0 fully saturated rings. The van der Waals surface area contributed by atoms with Gasteiger partial charge in [-0.1, -0.05) is 13.8 Å². The molecule has 0 aliphatic rings. The summed E-state index contributed by atoms with van der Waals surface area (Å²) in [5.41, 5.74) is 6.81. The molecule has 1 rings (SSSR count). The SMILES string of the molecule is CC(C)[C@@H](N)C(=O)NCc1ccsc1.Cl. The summed E-state index contributed by atoms with van der Waals surface area (Å²) in [5, 5.41) is 6.81. The fourth-order valence-corrected chi connectivity index (χ4v) is 1.67. The zero-order valence-corrected chi connectivity index (χ0v) is 10.5. The molecule has 5 heteroatoms. The van der Waals surface area contributed by atoms with Crippen molar-refractivity contribution in [2.75, 3.05) is 0 Å². The first-order valence-electron chi connectivity index (χ1n) is 4.65. The van der Waals surface area contributed by atoms with Gasteiger partial charge in [0.05, 0.1) is 6.04 Å². The van der Waals surface area contributed by atoms with E-state index in [9.17, 15) is 4.79 Å². The Hall–Kier alpha value is -0.580. The fourth-order valence-electron chi connectivity index (χ4n) is 1.00. The average Bonchev–Trinajstić information content (AvgIpc) is 2.65. The number of thiophene rings is 1. The second-order valence-corrected chi connectivity index (χ2v) is 4.40. The van der Waals surface area contributed by atoms with E-state index < -0.39 is 6.04 Å². The highest BCUT2D eigenvalue weighted by Crippen LogP contribution is 2.05. The van der Waals surface area contributed by atoms with Crippen LogP contribution in [0.1, 0.15) is 19.4 Å². The maximum absolute atomic E-state index is 11.4. The van der Waals surface area contributed by atoms with Gasteiger partial charge in [-0.3, -0.25) is 4.79 Å². The minimum Gasteiger partial charge on any atom is -0.351 e. The summed E-state index contributed by atoms with van der Waals surface area (Å²) in [5.74, 6) is 0.101. The Kier molecular flexibility index (Phi) is 6.56. The molecule has 0 saturated heterocycles. The van der Waals surface area contributed by atoms with Crippen molar-refractivity contribution in [2.45, 2.75) is 26.4 Å². The van der Waals surface area contributed by atoms with Crippen LogP contribution >= 0.6 is 23.7 Å². The normalized spacial score (nSPS) is 12.0. The molecule has 0 saturated carbocycles. The molecule has 0 aromatic carbocycles. The monoisotopic (exact) mass is 248 g/mol. The molecule has 0 aliphatic carbocycles. The molecule has 15 heavy (non-hydrogen) atoms. The van der Waals surface area contributed by atoms with Crippen LogP contribution in [-0.4, -0.2) is 11.9 Å². The number of amides is 1. The van der Waals surface area contributed by atoms with E-state index in [1.165, 1.54) is 0 Å². The van der Waals surface area contributed by atoms with Gasteiger partial charge in [-0.2, -0.15) is 11.3 Å². The van der Waals surface area contributed by atoms with Crippen LogP contribution in [0.2, 0.25) is 0 Å². The van der Waals surface area contributed by atoms with Crippen LogP contribution in [0.4, 0.5) is 0 Å². The van der Waals surface area contributed by atoms with Gasteiger partial charge >= 0.3 is 0 Å². The predicted octanol–water partition coefficient (Wildman–Crippen LogP) is 1.77. The Labute approximate surface area is 100 Å². The van der Waals surface area contributed by atoms with Gasteiger partial charge in [-0.05, 0) is 28.3 Å². The van der Waals surface area contributed by atoms with Gasteiger partial charge in [-0.15, -0.1) is 12.4 Å². The van der Waals surface area contributed by atoms with Crippen LogP contribution in [0, 0.1) is 5.92 Å². The molecule has 0 radical (unpaired) electrons. The van der Waals surface area contributed by atoms with Gasteiger partial charge in [-0.25, -0.2) is 0 Å². The van der Waals surface area contributed by atoms with Crippen molar-refractivity contribution in [1.82, 2.24) is 5.32 Å². The van der Waals surface area contributed by atoms with E-state index in [1.807, 2.05) is 30.7 Å². The smallest absolute Gasteiger partial charge is 0.237 e. The van der Waals surface area contributed by atoms with Crippen LogP contribution in [0.3, 0.4) is 0 Å². The lowest BCUT2D eigenvalue weighted by molar-refractivity contribution is -0.123. The Morgan fingerprint density at radius 2 is 2.27 bits per heavy atom. The number of halogens is 1. The predicted molar refractivity (Wildman–Crippen MR) is 66.2 cm³/mol. The summed E-state index contributed by atoms with van der Waals surface area (Å²) in [6, 6.07) is 1.58. The number of nitrogens with one attached hydrogen (secondary N) is 1. The van der Waals surface area contributed by atoms with Crippen molar-refractivity contribution in [3.8, 4) is 0 Å². The highest BCUT2D eigenvalue weighted by molar-refractivity contribution is 7.07. The first kappa shape index (κ1) is 14.4. The van der Waals surface area contributed by atoms with E-state index in [1.54, 1.807) is 11.3 Å². The third kappa shape index (κ3) is 4.64. The Morgan fingerprint density at radius 3 is 2.73 bits per heavy atom. The summed E-state index contributed by atoms with van der Waals surface area (Å²) in [7, 11) is 0. The molecule has 0 aliphatic heterocycles. The molecular weight excluding hydrogens is 232 g/mol. The van der Waals surface area contributed by atoms with Crippen LogP contribution in [0.25, 0.3) is 0 Å². The van der Waals surface area contributed by atoms with E-state index >= 15 is 0 Å². The summed E-state index contributed by atoms with van der Waals surface area (Å²) >= 11 is 1.62. The van der Waals surface area contributed by atoms with Crippen molar-refractivity contribution < 1.29 is 4.79 Å². The largest absolute Gasteiger partial charge is 0.351 e. The molecule has 0 spiro atoms. The lowest BCUT2D eigenvalue weighted by Gasteiger charge is -2.14. The zero-order valence-electron chi connectivity index (χ0n) is 8.90. The molecule has 1 heterocycles. The molecule has 1 aromatic heterocycles. The highest BCUT2D eigenvalue weighted by atomic mass is 35.5. The van der Waals surface area contributed by atoms with E-state index in [4.69, 9.17) is 5.73 Å². The second kappa shape index (κ2) is 6.82. The summed E-state index contributed by atoms with van der Waals surface area (Å²) in [6.45, 7) is 4.45. The van der Waals surface area contributed by atoms with Crippen LogP contribution in [0.5, 0.6) is 0 Å². The molecule has 0 unspecified atom stereocenters. The first-order valence-corrected chi connectivity index (χ1v) is 5.60. The summed E-state index contributed by atoms with van der Waals surface area (Å²) in [6.07, 6.45) is 0. The molecule has 3 nitrogen and oxygen atoms in total. The highest BCUT2D eigenvalue weighted by Gasteiger charge is 2.16. The third-order valence-electron chi connectivity index (χ3n) is 2.07. The molecule has 0 bridgehead atoms. The fraction of sp³-hybridized carbons (Fsp3) is 0.500. The third-order valence-corrected chi connectivity index (χ3v) is 2.80. The molecule has 1 aromatic rings. The Bertz CT molecular complexity index is 288.